The van der Waals surface area contributed by atoms with E-state index in [1.807, 2.05) is 67.1 Å². The van der Waals surface area contributed by atoms with E-state index in [1.165, 1.54) is 0 Å². The van der Waals surface area contributed by atoms with Gasteiger partial charge in [0, 0.05) is 13.2 Å². The second-order valence-electron chi connectivity index (χ2n) is 5.23. The maximum atomic E-state index is 9.54. The Hall–Kier alpha value is -3.26. The van der Waals surface area contributed by atoms with Crippen molar-refractivity contribution in [2.45, 2.75) is 6.92 Å². The zero-order valence-corrected chi connectivity index (χ0v) is 13.7. The first-order valence-electron chi connectivity index (χ1n) is 7.75. The Kier molecular flexibility index (Phi) is 4.48. The van der Waals surface area contributed by atoms with E-state index in [2.05, 4.69) is 16.4 Å². The van der Waals surface area contributed by atoms with Crippen molar-refractivity contribution in [2.24, 2.45) is 7.05 Å². The second-order valence-corrected chi connectivity index (χ2v) is 5.23. The highest BCUT2D eigenvalue weighted by atomic mass is 16.5. The summed E-state index contributed by atoms with van der Waals surface area (Å²) in [5.41, 5.74) is 3.13. The highest BCUT2D eigenvalue weighted by molar-refractivity contribution is 5.83. The lowest BCUT2D eigenvalue weighted by molar-refractivity contribution is 0.342. The number of nitriles is 1. The molecule has 0 radical (unpaired) electrons. The molecule has 0 aliphatic rings. The van der Waals surface area contributed by atoms with E-state index in [0.717, 1.165) is 22.5 Å². The summed E-state index contributed by atoms with van der Waals surface area (Å²) in [5.74, 6) is 1.37. The molecule has 0 saturated carbocycles. The predicted octanol–water partition coefficient (Wildman–Crippen LogP) is 3.95. The number of aromatic nitrogens is 2. The minimum Gasteiger partial charge on any atom is -0.492 e. The molecule has 0 fully saturated rings. The van der Waals surface area contributed by atoms with Crippen LogP contribution in [0.4, 0.5) is 5.69 Å². The van der Waals surface area contributed by atoms with Crippen LogP contribution >= 0.6 is 0 Å². The van der Waals surface area contributed by atoms with Crippen LogP contribution in [0.5, 0.6) is 5.75 Å². The van der Waals surface area contributed by atoms with Crippen molar-refractivity contribution in [3.8, 4) is 11.8 Å². The van der Waals surface area contributed by atoms with Crippen molar-refractivity contribution < 1.29 is 4.74 Å². The molecule has 120 valence electrons. The maximum Gasteiger partial charge on any atom is 0.153 e. The van der Waals surface area contributed by atoms with E-state index in [9.17, 15) is 5.26 Å². The second kappa shape index (κ2) is 6.88. The minimum absolute atomic E-state index is 0.458. The largest absolute Gasteiger partial charge is 0.492 e. The van der Waals surface area contributed by atoms with Gasteiger partial charge in [0.1, 0.15) is 17.4 Å². The van der Waals surface area contributed by atoms with Crippen molar-refractivity contribution in [2.75, 3.05) is 11.9 Å². The number of para-hydroxylation sites is 4. The summed E-state index contributed by atoms with van der Waals surface area (Å²) in [7, 11) is 1.91. The van der Waals surface area contributed by atoms with Gasteiger partial charge in [0.25, 0.3) is 0 Å². The Balaban J connectivity index is 1.95. The smallest absolute Gasteiger partial charge is 0.153 e. The average molecular weight is 318 g/mol. The van der Waals surface area contributed by atoms with Gasteiger partial charge in [-0.05, 0) is 31.2 Å². The van der Waals surface area contributed by atoms with Gasteiger partial charge < -0.3 is 14.6 Å². The third-order valence-electron chi connectivity index (χ3n) is 3.71. The van der Waals surface area contributed by atoms with E-state index in [0.29, 0.717) is 18.0 Å². The third-order valence-corrected chi connectivity index (χ3v) is 3.71. The Morgan fingerprint density at radius 3 is 2.75 bits per heavy atom. The van der Waals surface area contributed by atoms with Crippen LogP contribution in [0.2, 0.25) is 0 Å². The number of benzene rings is 2. The molecule has 0 bridgehead atoms. The Morgan fingerprint density at radius 1 is 1.25 bits per heavy atom. The van der Waals surface area contributed by atoms with E-state index >= 15 is 0 Å². The first kappa shape index (κ1) is 15.6. The van der Waals surface area contributed by atoms with Gasteiger partial charge in [0.15, 0.2) is 5.82 Å². The normalized spacial score (nSPS) is 11.3. The molecule has 0 aliphatic carbocycles. The number of aryl methyl sites for hydroxylation is 1. The fourth-order valence-corrected chi connectivity index (χ4v) is 2.55. The number of rotatable bonds is 5. The predicted molar refractivity (Wildman–Crippen MR) is 95.5 cm³/mol. The fraction of sp³-hybridized carbons (Fsp3) is 0.158. The number of hydrogen-bond acceptors (Lipinski definition) is 4. The number of imidazole rings is 1. The van der Waals surface area contributed by atoms with Crippen LogP contribution in [0.15, 0.2) is 54.7 Å². The number of hydrogen-bond donors (Lipinski definition) is 1. The van der Waals surface area contributed by atoms with Gasteiger partial charge in [0.05, 0.1) is 23.3 Å². The molecule has 0 saturated heterocycles. The molecule has 0 unspecified atom stereocenters. The van der Waals surface area contributed by atoms with E-state index in [4.69, 9.17) is 4.74 Å². The number of fused-ring (bicyclic) bond motifs is 1. The van der Waals surface area contributed by atoms with Crippen LogP contribution in [-0.4, -0.2) is 16.2 Å². The molecule has 24 heavy (non-hydrogen) atoms. The zero-order valence-electron chi connectivity index (χ0n) is 13.7. The van der Waals surface area contributed by atoms with Gasteiger partial charge in [0.2, 0.25) is 0 Å². The SMILES string of the molecule is CCOc1ccccc1NC=C(C#N)c1nc2ccccc2n1C. The lowest BCUT2D eigenvalue weighted by Gasteiger charge is -2.09. The van der Waals surface area contributed by atoms with Crippen LogP contribution in [-0.2, 0) is 7.05 Å². The molecular weight excluding hydrogens is 300 g/mol. The first-order chi connectivity index (χ1) is 11.7. The maximum absolute atomic E-state index is 9.54. The molecule has 1 N–H and O–H groups in total. The number of allylic oxidation sites excluding steroid dienone is 1. The summed E-state index contributed by atoms with van der Waals surface area (Å²) in [5, 5.41) is 12.7. The Labute approximate surface area is 140 Å². The molecule has 2 aromatic carbocycles. The molecule has 3 aromatic rings. The topological polar surface area (TPSA) is 62.9 Å². The fourth-order valence-electron chi connectivity index (χ4n) is 2.55. The van der Waals surface area contributed by atoms with Crippen molar-refractivity contribution in [3.05, 3.63) is 60.6 Å². The van der Waals surface area contributed by atoms with Gasteiger partial charge in [-0.3, -0.25) is 0 Å². The third kappa shape index (κ3) is 2.95. The first-order valence-corrected chi connectivity index (χ1v) is 7.75. The zero-order chi connectivity index (χ0) is 16.9. The lowest BCUT2D eigenvalue weighted by atomic mass is 10.2. The Morgan fingerprint density at radius 2 is 2.00 bits per heavy atom. The molecule has 0 amide bonds. The van der Waals surface area contributed by atoms with Crippen LogP contribution in [0.1, 0.15) is 12.7 Å². The Bertz CT molecular complexity index is 934. The van der Waals surface area contributed by atoms with E-state index < -0.39 is 0 Å². The summed E-state index contributed by atoms with van der Waals surface area (Å²) >= 11 is 0. The highest BCUT2D eigenvalue weighted by Gasteiger charge is 2.12. The number of anilines is 1. The van der Waals surface area contributed by atoms with E-state index in [1.54, 1.807) is 6.20 Å². The summed E-state index contributed by atoms with van der Waals surface area (Å²) < 4.78 is 7.50. The molecule has 0 atom stereocenters. The van der Waals surface area contributed by atoms with Crippen molar-refractivity contribution >= 4 is 22.3 Å². The van der Waals surface area contributed by atoms with Crippen LogP contribution in [0.3, 0.4) is 0 Å². The van der Waals surface area contributed by atoms with Gasteiger partial charge in [-0.2, -0.15) is 5.26 Å². The quantitative estimate of drug-likeness (QED) is 0.724. The number of nitrogens with one attached hydrogen (secondary N) is 1. The molecule has 0 aliphatic heterocycles. The molecular formula is C19H18N4O. The van der Waals surface area contributed by atoms with Gasteiger partial charge in [-0.15, -0.1) is 0 Å². The standard InChI is InChI=1S/C19H18N4O/c1-3-24-18-11-7-5-9-16(18)21-13-14(12-20)19-22-15-8-4-6-10-17(15)23(19)2/h4-11,13,21H,3H2,1-2H3. The van der Waals surface area contributed by atoms with Crippen molar-refractivity contribution in [3.63, 3.8) is 0 Å². The van der Waals surface area contributed by atoms with Crippen LogP contribution in [0.25, 0.3) is 16.6 Å². The minimum atomic E-state index is 0.458. The van der Waals surface area contributed by atoms with Crippen LogP contribution in [0, 0.1) is 11.3 Å². The van der Waals surface area contributed by atoms with Gasteiger partial charge in [-0.1, -0.05) is 24.3 Å². The van der Waals surface area contributed by atoms with Gasteiger partial charge >= 0.3 is 0 Å². The lowest BCUT2D eigenvalue weighted by Crippen LogP contribution is -2.00. The van der Waals surface area contributed by atoms with Crippen molar-refractivity contribution in [1.29, 1.82) is 5.26 Å². The van der Waals surface area contributed by atoms with Crippen LogP contribution < -0.4 is 10.1 Å². The summed E-state index contributed by atoms with van der Waals surface area (Å²) in [6.45, 7) is 2.52. The number of ether oxygens (including phenoxy) is 1. The van der Waals surface area contributed by atoms with Crippen molar-refractivity contribution in [1.82, 2.24) is 9.55 Å². The molecule has 1 heterocycles. The molecule has 5 heteroatoms. The monoisotopic (exact) mass is 318 g/mol. The molecule has 0 spiro atoms. The molecule has 5 nitrogen and oxygen atoms in total. The average Bonchev–Trinajstić information content (AvgIpc) is 2.94. The van der Waals surface area contributed by atoms with E-state index in [-0.39, 0.29) is 0 Å². The highest BCUT2D eigenvalue weighted by Crippen LogP contribution is 2.25. The number of nitrogens with zero attached hydrogens (tertiary/aromatic N) is 3. The summed E-state index contributed by atoms with van der Waals surface area (Å²) in [6.07, 6.45) is 1.67. The van der Waals surface area contributed by atoms with Gasteiger partial charge in [-0.25, -0.2) is 4.98 Å². The summed E-state index contributed by atoms with van der Waals surface area (Å²) in [4.78, 5) is 4.56. The molecule has 1 aromatic heterocycles. The summed E-state index contributed by atoms with van der Waals surface area (Å²) in [6, 6.07) is 17.7. The molecule has 3 rings (SSSR count).